The fourth-order valence-electron chi connectivity index (χ4n) is 1.19. The van der Waals surface area contributed by atoms with Crippen molar-refractivity contribution in [1.29, 1.82) is 0 Å². The van der Waals surface area contributed by atoms with Gasteiger partial charge in [-0.3, -0.25) is 9.59 Å². The van der Waals surface area contributed by atoms with Crippen molar-refractivity contribution in [3.05, 3.63) is 0 Å². The average molecular weight is 236 g/mol. The maximum Gasteiger partial charge on any atom is 0.306 e. The van der Waals surface area contributed by atoms with E-state index < -0.39 is 23.8 Å². The van der Waals surface area contributed by atoms with Gasteiger partial charge in [-0.05, 0) is 19.3 Å². The molecule has 0 aliphatic heterocycles. The minimum absolute atomic E-state index is 0.0606. The standard InChI is InChI=1S/C9H16O7/c1-6(8(10)11)2-3-7(9(12)13)4-5-15-16-14/h6-7,14H,2-5H2,1H3,(H,10,11)(H,12,13). The molecular weight excluding hydrogens is 220 g/mol. The van der Waals surface area contributed by atoms with E-state index >= 15 is 0 Å². The second kappa shape index (κ2) is 8.03. The minimum Gasteiger partial charge on any atom is -0.481 e. The highest BCUT2D eigenvalue weighted by molar-refractivity contribution is 5.71. The van der Waals surface area contributed by atoms with Crippen LogP contribution in [0.5, 0.6) is 0 Å². The SMILES string of the molecule is CC(CCC(CCOOO)C(=O)O)C(=O)O. The van der Waals surface area contributed by atoms with Crippen molar-refractivity contribution < 1.29 is 35.0 Å². The van der Waals surface area contributed by atoms with E-state index in [1.165, 1.54) is 6.92 Å². The summed E-state index contributed by atoms with van der Waals surface area (Å²) in [7, 11) is 0. The van der Waals surface area contributed by atoms with Gasteiger partial charge in [0.05, 0.1) is 18.4 Å². The molecule has 0 saturated carbocycles. The number of rotatable bonds is 9. The lowest BCUT2D eigenvalue weighted by Crippen LogP contribution is -2.19. The molecule has 0 aliphatic carbocycles. The molecule has 0 amide bonds. The van der Waals surface area contributed by atoms with Crippen molar-refractivity contribution in [2.45, 2.75) is 26.2 Å². The number of aliphatic carboxylic acids is 2. The summed E-state index contributed by atoms with van der Waals surface area (Å²) >= 11 is 0. The molecule has 3 N–H and O–H groups in total. The van der Waals surface area contributed by atoms with E-state index in [2.05, 4.69) is 9.93 Å². The predicted octanol–water partition coefficient (Wildman–Crippen LogP) is 0.999. The van der Waals surface area contributed by atoms with Gasteiger partial charge in [-0.25, -0.2) is 10.1 Å². The molecule has 0 rings (SSSR count). The molecule has 0 bridgehead atoms. The van der Waals surface area contributed by atoms with Gasteiger partial charge in [0, 0.05) is 0 Å². The lowest BCUT2D eigenvalue weighted by molar-refractivity contribution is -0.491. The van der Waals surface area contributed by atoms with Crippen LogP contribution in [0.15, 0.2) is 0 Å². The van der Waals surface area contributed by atoms with E-state index in [1.807, 2.05) is 0 Å². The van der Waals surface area contributed by atoms with Gasteiger partial charge >= 0.3 is 11.9 Å². The zero-order valence-electron chi connectivity index (χ0n) is 8.96. The molecule has 94 valence electrons. The Morgan fingerprint density at radius 2 is 1.75 bits per heavy atom. The number of carboxylic acid groups (broad SMARTS) is 2. The molecule has 0 aromatic rings. The Kier molecular flexibility index (Phi) is 7.44. The minimum atomic E-state index is -1.01. The Labute approximate surface area is 92.5 Å². The fraction of sp³-hybridized carbons (Fsp3) is 0.778. The highest BCUT2D eigenvalue weighted by Gasteiger charge is 2.20. The van der Waals surface area contributed by atoms with Crippen molar-refractivity contribution in [2.24, 2.45) is 11.8 Å². The lowest BCUT2D eigenvalue weighted by Gasteiger charge is -2.12. The van der Waals surface area contributed by atoms with Crippen LogP contribution in [-0.2, 0) is 19.5 Å². The summed E-state index contributed by atoms with van der Waals surface area (Å²) in [6.07, 6.45) is 0.687. The first-order valence-electron chi connectivity index (χ1n) is 4.87. The summed E-state index contributed by atoms with van der Waals surface area (Å²) in [5.74, 6) is -3.23. The van der Waals surface area contributed by atoms with Crippen LogP contribution in [-0.4, -0.2) is 34.0 Å². The predicted molar refractivity (Wildman–Crippen MR) is 51.4 cm³/mol. The third-order valence-electron chi connectivity index (χ3n) is 2.32. The van der Waals surface area contributed by atoms with Crippen molar-refractivity contribution in [2.75, 3.05) is 6.61 Å². The van der Waals surface area contributed by atoms with Crippen LogP contribution < -0.4 is 0 Å². The Balaban J connectivity index is 3.94. The van der Waals surface area contributed by atoms with Gasteiger partial charge in [-0.1, -0.05) is 12.0 Å². The van der Waals surface area contributed by atoms with E-state index in [1.54, 1.807) is 0 Å². The summed E-state index contributed by atoms with van der Waals surface area (Å²) < 4.78 is 0. The molecule has 7 nitrogen and oxygen atoms in total. The molecule has 0 fully saturated rings. The van der Waals surface area contributed by atoms with Crippen LogP contribution in [0.2, 0.25) is 0 Å². The van der Waals surface area contributed by atoms with Gasteiger partial charge < -0.3 is 10.2 Å². The smallest absolute Gasteiger partial charge is 0.306 e. The molecule has 0 aromatic heterocycles. The zero-order chi connectivity index (χ0) is 12.6. The van der Waals surface area contributed by atoms with Crippen LogP contribution in [0.25, 0.3) is 0 Å². The summed E-state index contributed by atoms with van der Waals surface area (Å²) in [6.45, 7) is 1.46. The van der Waals surface area contributed by atoms with E-state index in [-0.39, 0.29) is 25.9 Å². The molecule has 7 heteroatoms. The van der Waals surface area contributed by atoms with Crippen molar-refractivity contribution in [3.8, 4) is 0 Å². The lowest BCUT2D eigenvalue weighted by atomic mass is 9.95. The largest absolute Gasteiger partial charge is 0.481 e. The first-order chi connectivity index (χ1) is 7.49. The van der Waals surface area contributed by atoms with Crippen molar-refractivity contribution in [1.82, 2.24) is 0 Å². The molecule has 2 atom stereocenters. The van der Waals surface area contributed by atoms with Gasteiger partial charge in [-0.15, -0.1) is 0 Å². The summed E-state index contributed by atoms with van der Waals surface area (Å²) in [5, 5.41) is 28.7. The number of hydrogen-bond acceptors (Lipinski definition) is 5. The number of carbonyl (C=O) groups is 2. The third-order valence-corrected chi connectivity index (χ3v) is 2.32. The van der Waals surface area contributed by atoms with Gasteiger partial charge in [0.25, 0.3) is 0 Å². The molecule has 16 heavy (non-hydrogen) atoms. The van der Waals surface area contributed by atoms with Gasteiger partial charge in [0.2, 0.25) is 0 Å². The van der Waals surface area contributed by atoms with E-state index in [9.17, 15) is 9.59 Å². The highest BCUT2D eigenvalue weighted by atomic mass is 17.5. The molecular formula is C9H16O7. The van der Waals surface area contributed by atoms with Gasteiger partial charge in [0.15, 0.2) is 0 Å². The topological polar surface area (TPSA) is 113 Å². The molecule has 0 radical (unpaired) electrons. The second-order valence-corrected chi connectivity index (χ2v) is 3.54. The molecule has 0 aromatic carbocycles. The van der Waals surface area contributed by atoms with Crippen LogP contribution in [0, 0.1) is 11.8 Å². The molecule has 0 heterocycles. The first kappa shape index (κ1) is 14.8. The number of hydrogen-bond donors (Lipinski definition) is 3. The van der Waals surface area contributed by atoms with Crippen molar-refractivity contribution in [3.63, 3.8) is 0 Å². The average Bonchev–Trinajstić information content (AvgIpc) is 2.21. The first-order valence-corrected chi connectivity index (χ1v) is 4.87. The quantitative estimate of drug-likeness (QED) is 0.311. The highest BCUT2D eigenvalue weighted by Crippen LogP contribution is 2.16. The van der Waals surface area contributed by atoms with Crippen molar-refractivity contribution >= 4 is 11.9 Å². The van der Waals surface area contributed by atoms with Crippen LogP contribution in [0.4, 0.5) is 0 Å². The van der Waals surface area contributed by atoms with E-state index in [0.717, 1.165) is 0 Å². The third kappa shape index (κ3) is 6.33. The molecule has 0 aliphatic rings. The van der Waals surface area contributed by atoms with E-state index in [0.29, 0.717) is 0 Å². The normalized spacial score (nSPS) is 14.4. The number of carboxylic acids is 2. The maximum atomic E-state index is 10.8. The van der Waals surface area contributed by atoms with Gasteiger partial charge in [0.1, 0.15) is 0 Å². The molecule has 0 saturated heterocycles. The molecule has 0 spiro atoms. The Hall–Kier alpha value is -1.18. The monoisotopic (exact) mass is 236 g/mol. The van der Waals surface area contributed by atoms with Crippen LogP contribution in [0.3, 0.4) is 0 Å². The Morgan fingerprint density at radius 3 is 2.19 bits per heavy atom. The summed E-state index contributed by atoms with van der Waals surface area (Å²) in [4.78, 5) is 25.4. The van der Waals surface area contributed by atoms with Gasteiger partial charge in [-0.2, -0.15) is 0 Å². The Morgan fingerprint density at radius 1 is 1.12 bits per heavy atom. The molecule has 2 unspecified atom stereocenters. The summed E-state index contributed by atoms with van der Waals surface area (Å²) in [5.41, 5.74) is 0. The van der Waals surface area contributed by atoms with E-state index in [4.69, 9.17) is 15.5 Å². The van der Waals surface area contributed by atoms with Crippen LogP contribution in [0.1, 0.15) is 26.2 Å². The maximum absolute atomic E-state index is 10.8. The second-order valence-electron chi connectivity index (χ2n) is 3.54. The zero-order valence-corrected chi connectivity index (χ0v) is 8.96. The fourth-order valence-corrected chi connectivity index (χ4v) is 1.19. The Bertz CT molecular complexity index is 228. The van der Waals surface area contributed by atoms with Crippen LogP contribution >= 0.6 is 0 Å². The summed E-state index contributed by atoms with van der Waals surface area (Å²) in [6, 6.07) is 0.